The number of hydrogen-bond donors (Lipinski definition) is 4. The molecule has 0 aromatic heterocycles. The number of alkyl halides is 6. The number of aromatic carboxylic acids is 4. The fourth-order valence-corrected chi connectivity index (χ4v) is 6.83. The average molecular weight is 873 g/mol. The summed E-state index contributed by atoms with van der Waals surface area (Å²) < 4.78 is 100. The van der Waals surface area contributed by atoms with Gasteiger partial charge in [-0.15, -0.1) is 0 Å². The first-order valence-corrected chi connectivity index (χ1v) is 17.8. The van der Waals surface area contributed by atoms with Gasteiger partial charge in [0.05, 0.1) is 33.4 Å². The molecule has 0 amide bonds. The minimum atomic E-state index is -6.05. The summed E-state index contributed by atoms with van der Waals surface area (Å²) in [5, 5.41) is 37.8. The molecule has 0 saturated heterocycles. The number of esters is 2. The molecule has 0 aliphatic carbocycles. The van der Waals surface area contributed by atoms with Crippen molar-refractivity contribution in [2.24, 2.45) is 0 Å². The van der Waals surface area contributed by atoms with Gasteiger partial charge in [0.1, 0.15) is 11.5 Å². The Kier molecular flexibility index (Phi) is 11.9. The molecule has 0 radical (unpaired) electrons. The van der Waals surface area contributed by atoms with E-state index in [4.69, 9.17) is 9.47 Å². The first-order valence-electron chi connectivity index (χ1n) is 17.8. The lowest BCUT2D eigenvalue weighted by Gasteiger charge is -2.38. The van der Waals surface area contributed by atoms with Gasteiger partial charge in [-0.1, -0.05) is 72.8 Å². The molecular formula is C45H26F6O12. The lowest BCUT2D eigenvalue weighted by atomic mass is 9.73. The fraction of sp³-hybridized carbons (Fsp3) is 0.0667. The van der Waals surface area contributed by atoms with Gasteiger partial charge in [0.2, 0.25) is 5.41 Å². The van der Waals surface area contributed by atoms with Crippen LogP contribution in [0.15, 0.2) is 133 Å². The Morgan fingerprint density at radius 2 is 0.698 bits per heavy atom. The van der Waals surface area contributed by atoms with Gasteiger partial charge in [0.25, 0.3) is 0 Å². The highest BCUT2D eigenvalue weighted by atomic mass is 19.4. The highest BCUT2D eigenvalue weighted by Gasteiger charge is 2.72. The van der Waals surface area contributed by atoms with E-state index in [0.29, 0.717) is 48.5 Å². The van der Waals surface area contributed by atoms with Crippen molar-refractivity contribution in [2.75, 3.05) is 0 Å². The van der Waals surface area contributed by atoms with Crippen LogP contribution in [-0.2, 0) is 5.41 Å². The van der Waals surface area contributed by atoms with Crippen LogP contribution >= 0.6 is 0 Å². The monoisotopic (exact) mass is 872 g/mol. The molecule has 12 nitrogen and oxygen atoms in total. The minimum Gasteiger partial charge on any atom is -0.478 e. The van der Waals surface area contributed by atoms with E-state index in [9.17, 15) is 75.5 Å². The molecule has 0 fully saturated rings. The fourth-order valence-electron chi connectivity index (χ4n) is 6.83. The third-order valence-corrected chi connectivity index (χ3v) is 9.72. The molecule has 6 aromatic rings. The van der Waals surface area contributed by atoms with Gasteiger partial charge in [-0.05, 0) is 94.0 Å². The summed E-state index contributed by atoms with van der Waals surface area (Å²) in [6, 6.07) is 22.1. The SMILES string of the molecule is O=C(O)c1ccc(-c2ccccc2C(=O)Oc2ccc(C(c3ccc(OC(=O)c4ccccc4-c4ccc(C(=O)O)c(C(=O)O)c4)cc3)(C(F)(F)F)C(F)(F)F)cc2)cc1C(=O)O. The summed E-state index contributed by atoms with van der Waals surface area (Å²) in [4.78, 5) is 73.1. The van der Waals surface area contributed by atoms with E-state index in [1.165, 1.54) is 60.7 Å². The molecule has 0 unspecified atom stereocenters. The highest BCUT2D eigenvalue weighted by molar-refractivity contribution is 6.05. The van der Waals surface area contributed by atoms with Crippen molar-refractivity contribution >= 4 is 35.8 Å². The standard InChI is InChI=1S/C45H26F6O12/c46-44(47,48)43(45(49,50)51,25-11-15-27(16-12-25)62-41(60)33-7-3-1-5-29(33)23-9-19-31(37(52)53)35(21-23)39(56)57)26-13-17-28(18-14-26)63-42(61)34-8-4-2-6-30(34)24-10-20-32(38(54)55)36(22-24)40(58)59/h1-22H,(H,52,53)(H,54,55)(H,56,57)(H,58,59). The van der Waals surface area contributed by atoms with E-state index in [1.54, 1.807) is 0 Å². The van der Waals surface area contributed by atoms with Crippen molar-refractivity contribution in [2.45, 2.75) is 17.8 Å². The van der Waals surface area contributed by atoms with Gasteiger partial charge in [-0.25, -0.2) is 28.8 Å². The van der Waals surface area contributed by atoms with Crippen molar-refractivity contribution in [1.29, 1.82) is 0 Å². The smallest absolute Gasteiger partial charge is 0.411 e. The zero-order chi connectivity index (χ0) is 46.0. The van der Waals surface area contributed by atoms with Crippen molar-refractivity contribution in [3.05, 3.63) is 178 Å². The van der Waals surface area contributed by atoms with Gasteiger partial charge in [-0.3, -0.25) is 0 Å². The molecule has 6 rings (SSSR count). The van der Waals surface area contributed by atoms with Gasteiger partial charge < -0.3 is 29.9 Å². The van der Waals surface area contributed by atoms with Crippen molar-refractivity contribution in [3.63, 3.8) is 0 Å². The van der Waals surface area contributed by atoms with Crippen LogP contribution in [0, 0.1) is 0 Å². The van der Waals surface area contributed by atoms with E-state index in [0.717, 1.165) is 24.3 Å². The first kappa shape index (κ1) is 44.3. The molecule has 0 aliphatic rings. The second-order valence-corrected chi connectivity index (χ2v) is 13.4. The van der Waals surface area contributed by atoms with E-state index in [-0.39, 0.29) is 33.4 Å². The lowest BCUT2D eigenvalue weighted by molar-refractivity contribution is -0.288. The number of carboxylic acids is 4. The highest BCUT2D eigenvalue weighted by Crippen LogP contribution is 2.56. The van der Waals surface area contributed by atoms with E-state index < -0.39 is 98.5 Å². The molecule has 0 atom stereocenters. The number of benzene rings is 6. The summed E-state index contributed by atoms with van der Waals surface area (Å²) in [5.41, 5.74) is -9.80. The predicted octanol–water partition coefficient (Wildman–Crippen LogP) is 9.66. The zero-order valence-corrected chi connectivity index (χ0v) is 31.5. The van der Waals surface area contributed by atoms with Crippen LogP contribution in [0.1, 0.15) is 73.3 Å². The van der Waals surface area contributed by atoms with Crippen molar-refractivity contribution < 1.29 is 85.0 Å². The Balaban J connectivity index is 1.29. The third-order valence-electron chi connectivity index (χ3n) is 9.72. The number of carboxylic acid groups (broad SMARTS) is 4. The molecule has 4 N–H and O–H groups in total. The molecule has 0 spiro atoms. The van der Waals surface area contributed by atoms with Crippen LogP contribution in [0.25, 0.3) is 22.3 Å². The van der Waals surface area contributed by atoms with Crippen LogP contribution in [0.4, 0.5) is 26.3 Å². The first-order chi connectivity index (χ1) is 29.6. The lowest BCUT2D eigenvalue weighted by Crippen LogP contribution is -2.54. The van der Waals surface area contributed by atoms with Gasteiger partial charge in [0.15, 0.2) is 0 Å². The second-order valence-electron chi connectivity index (χ2n) is 13.4. The summed E-state index contributed by atoms with van der Waals surface area (Å²) >= 11 is 0. The average Bonchev–Trinajstić information content (AvgIpc) is 3.23. The van der Waals surface area contributed by atoms with Crippen LogP contribution in [0.2, 0.25) is 0 Å². The molecule has 0 aliphatic heterocycles. The Labute approximate surface area is 349 Å². The molecule has 63 heavy (non-hydrogen) atoms. The Morgan fingerprint density at radius 1 is 0.381 bits per heavy atom. The van der Waals surface area contributed by atoms with Crippen LogP contribution in [0.5, 0.6) is 11.5 Å². The summed E-state index contributed by atoms with van der Waals surface area (Å²) in [5.74, 6) is -9.48. The normalized spacial score (nSPS) is 11.7. The van der Waals surface area contributed by atoms with E-state index in [1.807, 2.05) is 0 Å². The number of carbonyl (C=O) groups is 6. The Morgan fingerprint density at radius 3 is 1.00 bits per heavy atom. The molecule has 0 bridgehead atoms. The Hall–Kier alpha value is -8.28. The topological polar surface area (TPSA) is 202 Å². The molecule has 6 aromatic carbocycles. The summed E-state index contributed by atoms with van der Waals surface area (Å²) in [7, 11) is 0. The minimum absolute atomic E-state index is 0.0617. The molecule has 18 heteroatoms. The van der Waals surface area contributed by atoms with Gasteiger partial charge in [-0.2, -0.15) is 26.3 Å². The maximum absolute atomic E-state index is 15.0. The number of halogens is 6. The second kappa shape index (κ2) is 17.0. The maximum atomic E-state index is 15.0. The Bertz CT molecular complexity index is 2620. The molecule has 0 saturated carbocycles. The maximum Gasteiger partial charge on any atom is 0.411 e. The third kappa shape index (κ3) is 8.54. The van der Waals surface area contributed by atoms with Crippen LogP contribution in [-0.4, -0.2) is 68.6 Å². The number of rotatable bonds is 12. The number of carbonyl (C=O) groups excluding carboxylic acids is 2. The van der Waals surface area contributed by atoms with Crippen molar-refractivity contribution in [1.82, 2.24) is 0 Å². The van der Waals surface area contributed by atoms with Gasteiger partial charge in [0, 0.05) is 0 Å². The summed E-state index contributed by atoms with van der Waals surface area (Å²) in [6.07, 6.45) is -12.1. The van der Waals surface area contributed by atoms with Crippen LogP contribution < -0.4 is 9.47 Å². The summed E-state index contributed by atoms with van der Waals surface area (Å²) in [6.45, 7) is 0. The molecule has 0 heterocycles. The quantitative estimate of drug-likeness (QED) is 0.0516. The predicted molar refractivity (Wildman–Crippen MR) is 207 cm³/mol. The largest absolute Gasteiger partial charge is 0.478 e. The van der Waals surface area contributed by atoms with E-state index in [2.05, 4.69) is 0 Å². The molecule has 320 valence electrons. The zero-order valence-electron chi connectivity index (χ0n) is 31.5. The van der Waals surface area contributed by atoms with Gasteiger partial charge >= 0.3 is 48.2 Å². The number of ether oxygens (including phenoxy) is 2. The van der Waals surface area contributed by atoms with Crippen molar-refractivity contribution in [3.8, 4) is 33.8 Å². The molecular weight excluding hydrogens is 846 g/mol. The number of hydrogen-bond acceptors (Lipinski definition) is 8. The van der Waals surface area contributed by atoms with E-state index >= 15 is 0 Å². The van der Waals surface area contributed by atoms with Crippen LogP contribution in [0.3, 0.4) is 0 Å².